The van der Waals surface area contributed by atoms with Crippen LogP contribution in [0.4, 0.5) is 11.5 Å². The number of ether oxygens (including phenoxy) is 1. The van der Waals surface area contributed by atoms with E-state index in [1.54, 1.807) is 46.6 Å². The van der Waals surface area contributed by atoms with E-state index in [-0.39, 0.29) is 18.0 Å². The van der Waals surface area contributed by atoms with E-state index >= 15 is 0 Å². The summed E-state index contributed by atoms with van der Waals surface area (Å²) in [6.07, 6.45) is 6.87. The van der Waals surface area contributed by atoms with Gasteiger partial charge in [-0.1, -0.05) is 6.92 Å². The van der Waals surface area contributed by atoms with Crippen molar-refractivity contribution >= 4 is 28.7 Å². The molecule has 2 aliphatic heterocycles. The van der Waals surface area contributed by atoms with Crippen LogP contribution in [0.15, 0.2) is 24.0 Å². The van der Waals surface area contributed by atoms with Crippen molar-refractivity contribution in [2.45, 2.75) is 31.8 Å². The number of thiazole rings is 1. The minimum absolute atomic E-state index is 0.0677. The zero-order valence-corrected chi connectivity index (χ0v) is 18.0. The summed E-state index contributed by atoms with van der Waals surface area (Å²) in [6, 6.07) is -0.134. The van der Waals surface area contributed by atoms with Crippen molar-refractivity contribution in [3.63, 3.8) is 0 Å². The molecule has 0 aromatic carbocycles. The Bertz CT molecular complexity index is 1080. The highest BCUT2D eigenvalue weighted by Crippen LogP contribution is 2.39. The molecule has 10 heteroatoms. The lowest BCUT2D eigenvalue weighted by molar-refractivity contribution is -0.120. The number of anilines is 2. The van der Waals surface area contributed by atoms with Crippen LogP contribution in [-0.2, 0) is 16.6 Å². The maximum absolute atomic E-state index is 13.0. The van der Waals surface area contributed by atoms with Crippen molar-refractivity contribution in [1.29, 1.82) is 0 Å². The fourth-order valence-electron chi connectivity index (χ4n) is 4.27. The lowest BCUT2D eigenvalue weighted by Gasteiger charge is -2.43. The highest BCUT2D eigenvalue weighted by molar-refractivity contribution is 7.13. The van der Waals surface area contributed by atoms with Gasteiger partial charge in [0.15, 0.2) is 11.6 Å². The zero-order valence-electron chi connectivity index (χ0n) is 17.1. The van der Waals surface area contributed by atoms with Crippen molar-refractivity contribution in [2.24, 2.45) is 7.05 Å². The summed E-state index contributed by atoms with van der Waals surface area (Å²) < 4.78 is 7.43. The summed E-state index contributed by atoms with van der Waals surface area (Å²) in [5.74, 6) is 1.42. The van der Waals surface area contributed by atoms with Crippen LogP contribution in [0.3, 0.4) is 0 Å². The van der Waals surface area contributed by atoms with E-state index in [4.69, 9.17) is 9.72 Å². The summed E-state index contributed by atoms with van der Waals surface area (Å²) in [5.41, 5.74) is 2.43. The third-order valence-electron chi connectivity index (χ3n) is 5.81. The molecule has 156 valence electrons. The molecule has 3 aromatic heterocycles. The molecule has 0 saturated carbocycles. The van der Waals surface area contributed by atoms with Gasteiger partial charge in [0, 0.05) is 32.3 Å². The fourth-order valence-corrected chi connectivity index (χ4v) is 4.99. The molecule has 0 spiro atoms. The minimum Gasteiger partial charge on any atom is -0.379 e. The van der Waals surface area contributed by atoms with Gasteiger partial charge in [0.2, 0.25) is 5.91 Å². The molecule has 30 heavy (non-hydrogen) atoms. The number of hydrogen-bond acceptors (Lipinski definition) is 8. The Morgan fingerprint density at radius 2 is 2.13 bits per heavy atom. The highest BCUT2D eigenvalue weighted by Gasteiger charge is 2.41. The molecule has 5 heterocycles. The van der Waals surface area contributed by atoms with Crippen LogP contribution in [0.25, 0.3) is 22.1 Å². The van der Waals surface area contributed by atoms with Crippen molar-refractivity contribution < 1.29 is 9.53 Å². The van der Waals surface area contributed by atoms with Crippen LogP contribution in [0.1, 0.15) is 19.8 Å². The largest absolute Gasteiger partial charge is 0.379 e. The molecule has 0 bridgehead atoms. The Balaban J connectivity index is 1.66. The fraction of sp³-hybridized carbons (Fsp3) is 0.450. The quantitative estimate of drug-likeness (QED) is 0.634. The lowest BCUT2D eigenvalue weighted by atomic mass is 10.0. The molecule has 9 nitrogen and oxygen atoms in total. The number of likely N-dealkylation sites (N-methyl/N-ethyl adjacent to an activating group) is 1. The molecule has 5 rings (SSSR count). The molecule has 0 aliphatic carbocycles. The summed E-state index contributed by atoms with van der Waals surface area (Å²) in [6.45, 7) is 3.34. The number of amides is 1. The maximum Gasteiger partial charge on any atom is 0.249 e. The van der Waals surface area contributed by atoms with E-state index < -0.39 is 0 Å². The number of nitrogens with zero attached hydrogens (tertiary/aromatic N) is 7. The van der Waals surface area contributed by atoms with E-state index in [2.05, 4.69) is 20.0 Å². The number of hydrogen-bond donors (Lipinski definition) is 0. The van der Waals surface area contributed by atoms with Gasteiger partial charge in [-0.05, 0) is 12.8 Å². The second-order valence-corrected chi connectivity index (χ2v) is 8.41. The summed E-state index contributed by atoms with van der Waals surface area (Å²) in [5, 5.41) is 7.23. The Morgan fingerprint density at radius 1 is 1.27 bits per heavy atom. The second kappa shape index (κ2) is 7.44. The first-order chi connectivity index (χ1) is 14.6. The maximum atomic E-state index is 13.0. The van der Waals surface area contributed by atoms with Gasteiger partial charge in [-0.3, -0.25) is 9.48 Å². The molecule has 2 atom stereocenters. The smallest absolute Gasteiger partial charge is 0.249 e. The van der Waals surface area contributed by atoms with Crippen molar-refractivity contribution in [1.82, 2.24) is 24.7 Å². The molecule has 1 fully saturated rings. The van der Waals surface area contributed by atoms with Gasteiger partial charge >= 0.3 is 0 Å². The summed E-state index contributed by atoms with van der Waals surface area (Å²) >= 11 is 1.55. The predicted octanol–water partition coefficient (Wildman–Crippen LogP) is 2.35. The average Bonchev–Trinajstić information content (AvgIpc) is 3.51. The van der Waals surface area contributed by atoms with Gasteiger partial charge < -0.3 is 14.5 Å². The SMILES string of the molecule is CC[C@@H]1C(=O)N(C)c2cnc(-c3cnn(C)c3-c3nccs3)nc2N1C1CCOC1. The first-order valence-electron chi connectivity index (χ1n) is 10.0. The van der Waals surface area contributed by atoms with E-state index in [1.165, 1.54) is 0 Å². The Kier molecular flexibility index (Phi) is 4.75. The topological polar surface area (TPSA) is 89.3 Å². The molecule has 1 amide bonds. The number of carbonyl (C=O) groups is 1. The number of carbonyl (C=O) groups excluding carboxylic acids is 1. The Labute approximate surface area is 178 Å². The molecule has 1 unspecified atom stereocenters. The van der Waals surface area contributed by atoms with Gasteiger partial charge in [0.05, 0.1) is 30.6 Å². The van der Waals surface area contributed by atoms with E-state index in [9.17, 15) is 4.79 Å². The third-order valence-corrected chi connectivity index (χ3v) is 6.59. The number of aryl methyl sites for hydroxylation is 1. The summed E-state index contributed by atoms with van der Waals surface area (Å²) in [7, 11) is 3.68. The van der Waals surface area contributed by atoms with Crippen LogP contribution in [-0.4, -0.2) is 63.0 Å². The minimum atomic E-state index is -0.260. The first kappa shape index (κ1) is 19.1. The Hall–Kier alpha value is -2.85. The third kappa shape index (κ3) is 2.90. The monoisotopic (exact) mass is 425 g/mol. The Morgan fingerprint density at radius 3 is 2.83 bits per heavy atom. The van der Waals surface area contributed by atoms with Crippen molar-refractivity contribution in [3.8, 4) is 22.1 Å². The predicted molar refractivity (Wildman–Crippen MR) is 115 cm³/mol. The second-order valence-electron chi connectivity index (χ2n) is 7.52. The molecule has 2 aliphatic rings. The standard InChI is InChI=1S/C20H23N7O2S/c1-4-14-20(28)25(2)15-10-22-17(24-18(15)27(14)12-5-7-29-11-12)13-9-23-26(3)16(13)19-21-6-8-30-19/h6,8-10,12,14H,4-5,7,11H2,1-3H3/t12?,14-/m1/s1. The molecule has 1 saturated heterocycles. The molecular weight excluding hydrogens is 402 g/mol. The number of rotatable bonds is 4. The first-order valence-corrected chi connectivity index (χ1v) is 10.9. The number of fused-ring (bicyclic) bond motifs is 1. The van der Waals surface area contributed by atoms with Crippen LogP contribution in [0.5, 0.6) is 0 Å². The zero-order chi connectivity index (χ0) is 20.8. The lowest BCUT2D eigenvalue weighted by Crippen LogP contribution is -2.56. The van der Waals surface area contributed by atoms with E-state index in [1.807, 2.05) is 19.4 Å². The normalized spacial score (nSPS) is 21.4. The van der Waals surface area contributed by atoms with E-state index in [0.717, 1.165) is 34.2 Å². The summed E-state index contributed by atoms with van der Waals surface area (Å²) in [4.78, 5) is 30.9. The van der Waals surface area contributed by atoms with Gasteiger partial charge in [-0.2, -0.15) is 5.10 Å². The van der Waals surface area contributed by atoms with Crippen LogP contribution in [0, 0.1) is 0 Å². The van der Waals surface area contributed by atoms with Gasteiger partial charge in [0.25, 0.3) is 0 Å². The average molecular weight is 426 g/mol. The molecular formula is C20H23N7O2S. The van der Waals surface area contributed by atoms with Crippen molar-refractivity contribution in [2.75, 3.05) is 30.1 Å². The highest BCUT2D eigenvalue weighted by atomic mass is 32.1. The molecule has 0 radical (unpaired) electrons. The van der Waals surface area contributed by atoms with Gasteiger partial charge in [0.1, 0.15) is 22.4 Å². The molecule has 3 aromatic rings. The number of aromatic nitrogens is 5. The van der Waals surface area contributed by atoms with Crippen LogP contribution >= 0.6 is 11.3 Å². The van der Waals surface area contributed by atoms with E-state index in [0.29, 0.717) is 25.5 Å². The molecule has 0 N–H and O–H groups in total. The van der Waals surface area contributed by atoms with Crippen LogP contribution in [0.2, 0.25) is 0 Å². The van der Waals surface area contributed by atoms with Crippen LogP contribution < -0.4 is 9.80 Å². The van der Waals surface area contributed by atoms with Gasteiger partial charge in [-0.25, -0.2) is 15.0 Å². The van der Waals surface area contributed by atoms with Crippen molar-refractivity contribution in [3.05, 3.63) is 24.0 Å². The van der Waals surface area contributed by atoms with Gasteiger partial charge in [-0.15, -0.1) is 11.3 Å².